The lowest BCUT2D eigenvalue weighted by Crippen LogP contribution is -2.31. The molecule has 0 N–H and O–H groups in total. The molecule has 0 fully saturated rings. The van der Waals surface area contributed by atoms with Crippen LogP contribution < -0.4 is 0 Å². The van der Waals surface area contributed by atoms with Gasteiger partial charge in [-0.3, -0.25) is 9.88 Å². The van der Waals surface area contributed by atoms with Crippen LogP contribution in [0.25, 0.3) is 10.7 Å². The van der Waals surface area contributed by atoms with Crippen molar-refractivity contribution in [1.82, 2.24) is 19.9 Å². The van der Waals surface area contributed by atoms with E-state index in [0.717, 1.165) is 41.5 Å². The summed E-state index contributed by atoms with van der Waals surface area (Å²) in [4.78, 5) is 16.7. The quantitative estimate of drug-likeness (QED) is 0.676. The zero-order chi connectivity index (χ0) is 16.5. The van der Waals surface area contributed by atoms with Gasteiger partial charge in [0.1, 0.15) is 0 Å². The van der Waals surface area contributed by atoms with Crippen molar-refractivity contribution in [3.8, 4) is 10.7 Å². The largest absolute Gasteiger partial charge is 0.294 e. The van der Waals surface area contributed by atoms with Crippen LogP contribution in [0.4, 0.5) is 0 Å². The third-order valence-electron chi connectivity index (χ3n) is 4.09. The zero-order valence-electron chi connectivity index (χ0n) is 12.7. The third kappa shape index (κ3) is 3.17. The summed E-state index contributed by atoms with van der Waals surface area (Å²) < 4.78 is 0. The molecule has 0 amide bonds. The monoisotopic (exact) mass is 376 g/mol. The second-order valence-corrected chi connectivity index (χ2v) is 7.45. The van der Waals surface area contributed by atoms with Gasteiger partial charge in [0.25, 0.3) is 0 Å². The van der Waals surface area contributed by atoms with Gasteiger partial charge in [-0.2, -0.15) is 0 Å². The van der Waals surface area contributed by atoms with Crippen molar-refractivity contribution in [3.63, 3.8) is 0 Å². The third-order valence-corrected chi connectivity index (χ3v) is 5.61. The minimum Gasteiger partial charge on any atom is -0.294 e. The van der Waals surface area contributed by atoms with Gasteiger partial charge >= 0.3 is 0 Å². The highest BCUT2D eigenvalue weighted by Crippen LogP contribution is 2.28. The lowest BCUT2D eigenvalue weighted by Gasteiger charge is -2.28. The second-order valence-electron chi connectivity index (χ2n) is 5.69. The molecule has 0 atom stereocenters. The van der Waals surface area contributed by atoms with Gasteiger partial charge in [0.15, 0.2) is 5.82 Å². The molecule has 7 heteroatoms. The SMILES string of the molecule is Clc1cncc(Cl)c1CN1CCc2nc(-c3cccs3)ncc2C1. The van der Waals surface area contributed by atoms with E-state index in [1.807, 2.05) is 17.6 Å². The van der Waals surface area contributed by atoms with Crippen LogP contribution in [0.15, 0.2) is 36.1 Å². The molecule has 3 aromatic heterocycles. The minimum absolute atomic E-state index is 0.609. The maximum absolute atomic E-state index is 6.23. The number of hydrogen-bond donors (Lipinski definition) is 0. The molecular weight excluding hydrogens is 363 g/mol. The molecule has 4 heterocycles. The summed E-state index contributed by atoms with van der Waals surface area (Å²) in [5.74, 6) is 0.817. The van der Waals surface area contributed by atoms with E-state index >= 15 is 0 Å². The Hall–Kier alpha value is -1.53. The number of aromatic nitrogens is 3. The number of rotatable bonds is 3. The van der Waals surface area contributed by atoms with E-state index < -0.39 is 0 Å². The van der Waals surface area contributed by atoms with Gasteiger partial charge < -0.3 is 0 Å². The Labute approximate surface area is 154 Å². The average molecular weight is 377 g/mol. The van der Waals surface area contributed by atoms with Crippen molar-refractivity contribution in [1.29, 1.82) is 0 Å². The predicted octanol–water partition coefficient (Wildman–Crippen LogP) is 4.47. The summed E-state index contributed by atoms with van der Waals surface area (Å²) in [7, 11) is 0. The summed E-state index contributed by atoms with van der Waals surface area (Å²) in [6.07, 6.45) is 6.12. The molecule has 0 unspecified atom stereocenters. The Kier molecular flexibility index (Phi) is 4.50. The van der Waals surface area contributed by atoms with Crippen LogP contribution in [-0.4, -0.2) is 26.4 Å². The predicted molar refractivity (Wildman–Crippen MR) is 97.4 cm³/mol. The number of thiophene rings is 1. The molecule has 0 radical (unpaired) electrons. The normalized spacial score (nSPS) is 14.6. The average Bonchev–Trinajstić information content (AvgIpc) is 3.12. The molecule has 0 aliphatic carbocycles. The molecule has 1 aliphatic heterocycles. The molecule has 4 rings (SSSR count). The van der Waals surface area contributed by atoms with E-state index in [4.69, 9.17) is 28.2 Å². The van der Waals surface area contributed by atoms with Crippen LogP contribution in [0.2, 0.25) is 10.0 Å². The number of nitrogens with zero attached hydrogens (tertiary/aromatic N) is 4. The Bertz CT molecular complexity index is 847. The topological polar surface area (TPSA) is 41.9 Å². The molecule has 0 saturated carbocycles. The summed E-state index contributed by atoms with van der Waals surface area (Å²) >= 11 is 14.1. The van der Waals surface area contributed by atoms with E-state index in [2.05, 4.69) is 20.9 Å². The summed E-state index contributed by atoms with van der Waals surface area (Å²) in [6, 6.07) is 4.07. The van der Waals surface area contributed by atoms with Gasteiger partial charge in [0.2, 0.25) is 0 Å². The van der Waals surface area contributed by atoms with Gasteiger partial charge in [0, 0.05) is 55.8 Å². The molecule has 0 bridgehead atoms. The van der Waals surface area contributed by atoms with Crippen LogP contribution in [0.5, 0.6) is 0 Å². The Balaban J connectivity index is 1.54. The lowest BCUT2D eigenvalue weighted by molar-refractivity contribution is 0.243. The molecule has 0 aromatic carbocycles. The van der Waals surface area contributed by atoms with Gasteiger partial charge in [-0.1, -0.05) is 29.3 Å². The fourth-order valence-corrected chi connectivity index (χ4v) is 4.00. The van der Waals surface area contributed by atoms with Crippen molar-refractivity contribution < 1.29 is 0 Å². The molecule has 122 valence electrons. The first-order valence-corrected chi connectivity index (χ1v) is 9.23. The molecule has 0 spiro atoms. The number of pyridine rings is 1. The standard InChI is InChI=1S/C17H14Cl2N4S/c18-13-7-20-8-14(19)12(13)10-23-4-3-15-11(9-23)6-21-17(22-15)16-2-1-5-24-16/h1-2,5-8H,3-4,9-10H2. The molecule has 4 nitrogen and oxygen atoms in total. The maximum atomic E-state index is 6.23. The summed E-state index contributed by atoms with van der Waals surface area (Å²) in [5, 5.41) is 3.26. The van der Waals surface area contributed by atoms with Crippen molar-refractivity contribution >= 4 is 34.5 Å². The van der Waals surface area contributed by atoms with E-state index in [1.165, 1.54) is 5.56 Å². The van der Waals surface area contributed by atoms with Crippen LogP contribution in [0, 0.1) is 0 Å². The van der Waals surface area contributed by atoms with Crippen LogP contribution >= 0.6 is 34.5 Å². The van der Waals surface area contributed by atoms with Crippen LogP contribution in [0.1, 0.15) is 16.8 Å². The van der Waals surface area contributed by atoms with E-state index in [0.29, 0.717) is 16.6 Å². The van der Waals surface area contributed by atoms with Crippen molar-refractivity contribution in [2.45, 2.75) is 19.5 Å². The van der Waals surface area contributed by atoms with Crippen molar-refractivity contribution in [2.75, 3.05) is 6.54 Å². The highest BCUT2D eigenvalue weighted by molar-refractivity contribution is 7.13. The smallest absolute Gasteiger partial charge is 0.169 e. The Morgan fingerprint density at radius 3 is 2.75 bits per heavy atom. The van der Waals surface area contributed by atoms with E-state index in [9.17, 15) is 0 Å². The maximum Gasteiger partial charge on any atom is 0.169 e. The second kappa shape index (κ2) is 6.76. The summed E-state index contributed by atoms with van der Waals surface area (Å²) in [6.45, 7) is 2.42. The van der Waals surface area contributed by atoms with Gasteiger partial charge in [-0.05, 0) is 11.4 Å². The Morgan fingerprint density at radius 2 is 2.00 bits per heavy atom. The van der Waals surface area contributed by atoms with Crippen LogP contribution in [0.3, 0.4) is 0 Å². The highest BCUT2D eigenvalue weighted by atomic mass is 35.5. The zero-order valence-corrected chi connectivity index (χ0v) is 15.1. The highest BCUT2D eigenvalue weighted by Gasteiger charge is 2.20. The first-order valence-electron chi connectivity index (χ1n) is 7.59. The Morgan fingerprint density at radius 1 is 1.17 bits per heavy atom. The fraction of sp³-hybridized carbons (Fsp3) is 0.235. The van der Waals surface area contributed by atoms with Gasteiger partial charge in [-0.15, -0.1) is 11.3 Å². The van der Waals surface area contributed by atoms with E-state index in [-0.39, 0.29) is 0 Å². The molecule has 0 saturated heterocycles. The number of halogens is 2. The van der Waals surface area contributed by atoms with Gasteiger partial charge in [0.05, 0.1) is 20.6 Å². The first-order chi connectivity index (χ1) is 11.7. The fourth-order valence-electron chi connectivity index (χ4n) is 2.85. The van der Waals surface area contributed by atoms with E-state index in [1.54, 1.807) is 23.7 Å². The minimum atomic E-state index is 0.609. The number of hydrogen-bond acceptors (Lipinski definition) is 5. The molecule has 3 aromatic rings. The van der Waals surface area contributed by atoms with Crippen molar-refractivity contribution in [3.05, 3.63) is 63.0 Å². The number of fused-ring (bicyclic) bond motifs is 1. The lowest BCUT2D eigenvalue weighted by atomic mass is 10.1. The first kappa shape index (κ1) is 16.0. The molecule has 1 aliphatic rings. The van der Waals surface area contributed by atoms with Crippen LogP contribution in [-0.2, 0) is 19.5 Å². The molecule has 24 heavy (non-hydrogen) atoms. The summed E-state index contributed by atoms with van der Waals surface area (Å²) in [5.41, 5.74) is 3.23. The van der Waals surface area contributed by atoms with Crippen molar-refractivity contribution in [2.24, 2.45) is 0 Å². The molecular formula is C17H14Cl2N4S. The van der Waals surface area contributed by atoms with Gasteiger partial charge in [-0.25, -0.2) is 9.97 Å².